The molecule has 0 aromatic heterocycles. The van der Waals surface area contributed by atoms with Crippen LogP contribution < -0.4 is 0 Å². The second-order valence-corrected chi connectivity index (χ2v) is 9.55. The Bertz CT molecular complexity index is 890. The van der Waals surface area contributed by atoms with Gasteiger partial charge in [0.2, 0.25) is 10.0 Å². The Hall–Kier alpha value is -0.605. The van der Waals surface area contributed by atoms with Gasteiger partial charge in [-0.2, -0.15) is 0 Å². The van der Waals surface area contributed by atoms with Crippen molar-refractivity contribution < 1.29 is 13.4 Å². The molecular formula is C18H20BClINO3S. The van der Waals surface area contributed by atoms with E-state index in [2.05, 4.69) is 34.7 Å². The van der Waals surface area contributed by atoms with Crippen molar-refractivity contribution in [2.75, 3.05) is 0 Å². The highest BCUT2D eigenvalue weighted by Crippen LogP contribution is 2.31. The molecule has 1 aliphatic rings. The van der Waals surface area contributed by atoms with Gasteiger partial charge >= 0.3 is 7.05 Å². The molecule has 0 amide bonds. The Kier molecular flexibility index (Phi) is 6.34. The van der Waals surface area contributed by atoms with Crippen LogP contribution in [0.15, 0.2) is 47.4 Å². The molecule has 26 heavy (non-hydrogen) atoms. The summed E-state index contributed by atoms with van der Waals surface area (Å²) in [6.07, 6.45) is 2.12. The largest absolute Gasteiger partial charge is 0.437 e. The van der Waals surface area contributed by atoms with Crippen LogP contribution in [-0.4, -0.2) is 30.8 Å². The molecule has 138 valence electrons. The van der Waals surface area contributed by atoms with Crippen molar-refractivity contribution in [2.24, 2.45) is 0 Å². The van der Waals surface area contributed by atoms with Crippen LogP contribution in [-0.2, 0) is 27.3 Å². The second kappa shape index (κ2) is 8.18. The molecule has 4 nitrogen and oxygen atoms in total. The second-order valence-electron chi connectivity index (χ2n) is 6.51. The third-order valence-electron chi connectivity index (χ3n) is 4.81. The van der Waals surface area contributed by atoms with Crippen LogP contribution in [0.2, 0.25) is 11.8 Å². The lowest BCUT2D eigenvalue weighted by atomic mass is 9.80. The zero-order valence-corrected chi connectivity index (χ0v) is 18.1. The van der Waals surface area contributed by atoms with Crippen molar-refractivity contribution in [3.05, 3.63) is 64.2 Å². The highest BCUT2D eigenvalue weighted by molar-refractivity contribution is 14.1. The van der Waals surface area contributed by atoms with Crippen LogP contribution in [0.1, 0.15) is 23.1 Å². The molecule has 0 fully saturated rings. The summed E-state index contributed by atoms with van der Waals surface area (Å²) in [5.41, 5.74) is 3.81. The molecule has 1 N–H and O–H groups in total. The highest BCUT2D eigenvalue weighted by Gasteiger charge is 2.38. The lowest BCUT2D eigenvalue weighted by Crippen LogP contribution is -2.50. The van der Waals surface area contributed by atoms with Crippen LogP contribution >= 0.6 is 34.2 Å². The van der Waals surface area contributed by atoms with Gasteiger partial charge in [-0.3, -0.25) is 0 Å². The maximum Gasteiger partial charge on any atom is 0.391 e. The summed E-state index contributed by atoms with van der Waals surface area (Å²) in [6, 6.07) is 12.0. The van der Waals surface area contributed by atoms with Gasteiger partial charge in [-0.05, 0) is 67.0 Å². The Balaban J connectivity index is 1.95. The first-order valence-electron chi connectivity index (χ1n) is 8.47. The highest BCUT2D eigenvalue weighted by atomic mass is 127. The number of hydrogen-bond acceptors (Lipinski definition) is 3. The molecule has 0 bridgehead atoms. The van der Waals surface area contributed by atoms with E-state index in [-0.39, 0.29) is 10.9 Å². The molecule has 1 aliphatic carbocycles. The van der Waals surface area contributed by atoms with Crippen molar-refractivity contribution in [3.63, 3.8) is 0 Å². The number of rotatable bonds is 5. The number of benzene rings is 2. The Labute approximate surface area is 173 Å². The molecule has 0 saturated heterocycles. The topological polar surface area (TPSA) is 57.6 Å². The lowest BCUT2D eigenvalue weighted by Gasteiger charge is -2.35. The number of halogens is 2. The van der Waals surface area contributed by atoms with Gasteiger partial charge in [-0.15, -0.1) is 0 Å². The van der Waals surface area contributed by atoms with E-state index in [1.165, 1.54) is 39.9 Å². The van der Waals surface area contributed by atoms with Crippen LogP contribution in [0.4, 0.5) is 0 Å². The molecular weight excluding hydrogens is 483 g/mol. The average Bonchev–Trinajstić information content (AvgIpc) is 2.60. The number of sulfonamides is 1. The average molecular weight is 504 g/mol. The molecule has 1 unspecified atom stereocenters. The summed E-state index contributed by atoms with van der Waals surface area (Å²) in [4.78, 5) is 0.148. The minimum absolute atomic E-state index is 0.148. The van der Waals surface area contributed by atoms with Gasteiger partial charge in [0.05, 0.1) is 4.90 Å². The molecule has 0 aliphatic heterocycles. The van der Waals surface area contributed by atoms with Gasteiger partial charge < -0.3 is 5.02 Å². The van der Waals surface area contributed by atoms with Gasteiger partial charge in [0.1, 0.15) is 0 Å². The predicted octanol–water partition coefficient (Wildman–Crippen LogP) is 3.93. The van der Waals surface area contributed by atoms with E-state index in [0.717, 1.165) is 10.8 Å². The van der Waals surface area contributed by atoms with E-state index in [0.29, 0.717) is 17.9 Å². The molecule has 1 atom stereocenters. The Morgan fingerprint density at radius 3 is 2.58 bits per heavy atom. The molecule has 0 spiro atoms. The van der Waals surface area contributed by atoms with E-state index in [1.54, 1.807) is 12.1 Å². The first-order chi connectivity index (χ1) is 12.3. The summed E-state index contributed by atoms with van der Waals surface area (Å²) >= 11 is 8.23. The molecule has 8 heteroatoms. The summed E-state index contributed by atoms with van der Waals surface area (Å²) in [6.45, 7) is 1.50. The smallest absolute Gasteiger partial charge is 0.391 e. The van der Waals surface area contributed by atoms with Crippen LogP contribution in [0, 0.1) is 0 Å². The Morgan fingerprint density at radius 1 is 1.27 bits per heavy atom. The normalized spacial score (nSPS) is 17.2. The molecule has 0 radical (unpaired) electrons. The van der Waals surface area contributed by atoms with Gasteiger partial charge in [-0.1, -0.05) is 52.4 Å². The quantitative estimate of drug-likeness (QED) is 0.382. The fourth-order valence-corrected chi connectivity index (χ4v) is 6.18. The van der Waals surface area contributed by atoms with Crippen molar-refractivity contribution in [3.8, 4) is 0 Å². The van der Waals surface area contributed by atoms with E-state index < -0.39 is 17.1 Å². The number of hydrogen-bond donors (Lipinski definition) is 1. The number of nitrogens with zero attached hydrogens (tertiary/aromatic N) is 1. The summed E-state index contributed by atoms with van der Waals surface area (Å²) in [5, 5.41) is 10.8. The number of alkyl halides is 1. The summed E-state index contributed by atoms with van der Waals surface area (Å²) in [5.74, 6) is 0. The van der Waals surface area contributed by atoms with E-state index in [1.807, 2.05) is 6.07 Å². The van der Waals surface area contributed by atoms with Crippen LogP contribution in [0.5, 0.6) is 0 Å². The van der Waals surface area contributed by atoms with E-state index in [4.69, 9.17) is 11.6 Å². The van der Waals surface area contributed by atoms with Crippen LogP contribution in [0.3, 0.4) is 0 Å². The first-order valence-corrected chi connectivity index (χ1v) is 11.8. The molecule has 3 rings (SSSR count). The third kappa shape index (κ3) is 3.97. The fraction of sp³-hybridized carbons (Fsp3) is 0.333. The maximum absolute atomic E-state index is 13.1. The first kappa shape index (κ1) is 20.1. The van der Waals surface area contributed by atoms with Crippen molar-refractivity contribution in [1.29, 1.82) is 0 Å². The van der Waals surface area contributed by atoms with E-state index in [9.17, 15) is 13.4 Å². The zero-order chi connectivity index (χ0) is 18.9. The van der Waals surface area contributed by atoms with Crippen LogP contribution in [0.25, 0.3) is 0 Å². The number of fused-ring (bicyclic) bond motifs is 1. The molecule has 2 aromatic carbocycles. The SMILES string of the molecule is CB(O)N(C1CCc2c(CI)cccc2C1)S(=O)(=O)c1ccc(Cl)cc1. The molecule has 0 saturated carbocycles. The van der Waals surface area contributed by atoms with Gasteiger partial charge in [0.25, 0.3) is 0 Å². The van der Waals surface area contributed by atoms with Crippen molar-refractivity contribution >= 4 is 51.3 Å². The predicted molar refractivity (Wildman–Crippen MR) is 114 cm³/mol. The van der Waals surface area contributed by atoms with Crippen molar-refractivity contribution in [1.82, 2.24) is 4.22 Å². The minimum atomic E-state index is -3.81. The van der Waals surface area contributed by atoms with E-state index >= 15 is 0 Å². The fourth-order valence-electron chi connectivity index (χ4n) is 3.64. The summed E-state index contributed by atoms with van der Waals surface area (Å²) in [7, 11) is -4.91. The lowest BCUT2D eigenvalue weighted by molar-refractivity contribution is 0.357. The Morgan fingerprint density at radius 2 is 1.96 bits per heavy atom. The molecule has 2 aromatic rings. The zero-order valence-electron chi connectivity index (χ0n) is 14.4. The molecule has 0 heterocycles. The maximum atomic E-state index is 13.1. The van der Waals surface area contributed by atoms with Gasteiger partial charge in [0.15, 0.2) is 0 Å². The summed E-state index contributed by atoms with van der Waals surface area (Å²) < 4.78 is 28.5. The monoisotopic (exact) mass is 503 g/mol. The third-order valence-corrected chi connectivity index (χ3v) is 7.91. The van der Waals surface area contributed by atoms with Gasteiger partial charge in [0, 0.05) is 15.5 Å². The van der Waals surface area contributed by atoms with Gasteiger partial charge in [-0.25, -0.2) is 12.6 Å². The minimum Gasteiger partial charge on any atom is -0.437 e. The van der Waals surface area contributed by atoms with Crippen molar-refractivity contribution in [2.45, 2.75) is 41.5 Å². The standard InChI is InChI=1S/C18H20BClINO3S/c1-19(23)22(26(24,25)17-8-5-15(20)6-9-17)16-7-10-18-13(11-16)3-2-4-14(18)12-21/h2-6,8-9,16,23H,7,10-12H2,1H3.